The number of ether oxygens (including phenoxy) is 1. The molecular weight excluding hydrogens is 341 g/mol. The Balaban J connectivity index is 2.30. The highest BCUT2D eigenvalue weighted by atomic mass is 35.5. The van der Waals surface area contributed by atoms with Crippen LogP contribution < -0.4 is 0 Å². The van der Waals surface area contributed by atoms with Crippen molar-refractivity contribution in [3.8, 4) is 0 Å². The molecule has 3 rings (SSSR count). The fourth-order valence-electron chi connectivity index (χ4n) is 3.51. The fraction of sp³-hybridized carbons (Fsp3) is 0.278. The van der Waals surface area contributed by atoms with Gasteiger partial charge in [0.25, 0.3) is 5.60 Å². The number of esters is 1. The zero-order valence-corrected chi connectivity index (χ0v) is 13.5. The summed E-state index contributed by atoms with van der Waals surface area (Å²) in [7, 11) is 0. The molecule has 0 radical (unpaired) electrons. The van der Waals surface area contributed by atoms with Crippen LogP contribution in [0.5, 0.6) is 0 Å². The van der Waals surface area contributed by atoms with Gasteiger partial charge in [-0.3, -0.25) is 4.79 Å². The summed E-state index contributed by atoms with van der Waals surface area (Å²) >= 11 is 5.80. The number of carbonyl (C=O) groups is 1. The van der Waals surface area contributed by atoms with E-state index in [-0.39, 0.29) is 17.5 Å². The summed E-state index contributed by atoms with van der Waals surface area (Å²) in [5.74, 6) is -0.872. The second kappa shape index (κ2) is 5.52. The number of halogens is 4. The molecule has 2 aromatic rings. The van der Waals surface area contributed by atoms with Crippen molar-refractivity contribution in [1.29, 1.82) is 0 Å². The highest BCUT2D eigenvalue weighted by Crippen LogP contribution is 2.63. The third-order valence-electron chi connectivity index (χ3n) is 4.64. The van der Waals surface area contributed by atoms with E-state index < -0.39 is 23.2 Å². The molecular formula is C18H14ClF3O2. The predicted octanol–water partition coefficient (Wildman–Crippen LogP) is 5.00. The van der Waals surface area contributed by atoms with Crippen LogP contribution in [0.3, 0.4) is 0 Å². The highest BCUT2D eigenvalue weighted by molar-refractivity contribution is 6.30. The third-order valence-corrected chi connectivity index (χ3v) is 4.89. The summed E-state index contributed by atoms with van der Waals surface area (Å²) < 4.78 is 47.4. The van der Waals surface area contributed by atoms with E-state index in [9.17, 15) is 18.0 Å². The van der Waals surface area contributed by atoms with Gasteiger partial charge in [0.15, 0.2) is 0 Å². The van der Waals surface area contributed by atoms with Crippen molar-refractivity contribution in [3.63, 3.8) is 0 Å². The summed E-state index contributed by atoms with van der Waals surface area (Å²) in [4.78, 5) is 12.3. The lowest BCUT2D eigenvalue weighted by atomic mass is 9.58. The van der Waals surface area contributed by atoms with E-state index in [1.807, 2.05) is 0 Å². The Morgan fingerprint density at radius 2 is 1.58 bits per heavy atom. The van der Waals surface area contributed by atoms with Crippen molar-refractivity contribution in [3.05, 3.63) is 70.7 Å². The Bertz CT molecular complexity index is 758. The second-order valence-electron chi connectivity index (χ2n) is 5.70. The Labute approximate surface area is 142 Å². The van der Waals surface area contributed by atoms with Gasteiger partial charge < -0.3 is 4.74 Å². The number of alkyl halides is 3. The van der Waals surface area contributed by atoms with Crippen molar-refractivity contribution in [1.82, 2.24) is 0 Å². The highest BCUT2D eigenvalue weighted by Gasteiger charge is 2.81. The summed E-state index contributed by atoms with van der Waals surface area (Å²) in [5.41, 5.74) is -4.39. The van der Waals surface area contributed by atoms with Gasteiger partial charge in [-0.05, 0) is 24.1 Å². The van der Waals surface area contributed by atoms with Crippen LogP contribution in [0.4, 0.5) is 13.2 Å². The molecule has 0 aromatic heterocycles. The van der Waals surface area contributed by atoms with Crippen molar-refractivity contribution >= 4 is 17.6 Å². The van der Waals surface area contributed by atoms with Crippen LogP contribution in [-0.4, -0.2) is 12.1 Å². The van der Waals surface area contributed by atoms with Crippen molar-refractivity contribution in [2.24, 2.45) is 0 Å². The van der Waals surface area contributed by atoms with E-state index in [2.05, 4.69) is 0 Å². The number of rotatable bonds is 3. The standard InChI is InChI=1S/C18H14ClF3O2/c1-2-16(12-6-4-3-5-7-12)15(23)24-17(16,18(20,21)22)13-8-10-14(19)11-9-13/h3-11H,2H2,1H3/t16-,17+/m1/s1. The van der Waals surface area contributed by atoms with Crippen molar-refractivity contribution in [2.75, 3.05) is 0 Å². The third kappa shape index (κ3) is 2.00. The first-order valence-corrected chi connectivity index (χ1v) is 7.79. The number of benzene rings is 2. The van der Waals surface area contributed by atoms with E-state index in [1.165, 1.54) is 36.4 Å². The van der Waals surface area contributed by atoms with E-state index >= 15 is 0 Å². The van der Waals surface area contributed by atoms with E-state index in [4.69, 9.17) is 16.3 Å². The zero-order valence-electron chi connectivity index (χ0n) is 12.7. The molecule has 0 saturated carbocycles. The number of cyclic esters (lactones) is 1. The van der Waals surface area contributed by atoms with Gasteiger partial charge in [0.05, 0.1) is 0 Å². The lowest BCUT2D eigenvalue weighted by molar-refractivity contribution is -0.341. The van der Waals surface area contributed by atoms with Crippen LogP contribution in [0, 0.1) is 0 Å². The average Bonchev–Trinajstić information content (AvgIpc) is 2.54. The molecule has 6 heteroatoms. The Kier molecular flexibility index (Phi) is 3.87. The predicted molar refractivity (Wildman–Crippen MR) is 83.7 cm³/mol. The van der Waals surface area contributed by atoms with Crippen LogP contribution in [0.25, 0.3) is 0 Å². The maximum absolute atomic E-state index is 14.2. The van der Waals surface area contributed by atoms with E-state index in [0.29, 0.717) is 5.02 Å². The number of hydrogen-bond acceptors (Lipinski definition) is 2. The quantitative estimate of drug-likeness (QED) is 0.725. The normalized spacial score (nSPS) is 26.6. The molecule has 126 valence electrons. The van der Waals surface area contributed by atoms with Crippen LogP contribution in [0.1, 0.15) is 24.5 Å². The van der Waals surface area contributed by atoms with Gasteiger partial charge in [-0.25, -0.2) is 0 Å². The van der Waals surface area contributed by atoms with Gasteiger partial charge in [-0.1, -0.05) is 61.0 Å². The topological polar surface area (TPSA) is 26.3 Å². The molecule has 0 spiro atoms. The molecule has 1 aliphatic rings. The van der Waals surface area contributed by atoms with Gasteiger partial charge in [-0.2, -0.15) is 13.2 Å². The molecule has 0 bridgehead atoms. The Morgan fingerprint density at radius 3 is 2.04 bits per heavy atom. The van der Waals surface area contributed by atoms with Crippen LogP contribution in [0.15, 0.2) is 54.6 Å². The molecule has 0 amide bonds. The molecule has 0 N–H and O–H groups in total. The first-order chi connectivity index (χ1) is 11.3. The maximum atomic E-state index is 14.2. The molecule has 1 fully saturated rings. The average molecular weight is 355 g/mol. The molecule has 1 heterocycles. The van der Waals surface area contributed by atoms with Gasteiger partial charge >= 0.3 is 12.1 Å². The van der Waals surface area contributed by atoms with Crippen LogP contribution >= 0.6 is 11.6 Å². The van der Waals surface area contributed by atoms with Crippen molar-refractivity contribution < 1.29 is 22.7 Å². The monoisotopic (exact) mass is 354 g/mol. The molecule has 2 nitrogen and oxygen atoms in total. The number of carbonyl (C=O) groups excluding carboxylic acids is 1. The molecule has 2 atom stereocenters. The van der Waals surface area contributed by atoms with Gasteiger partial charge in [-0.15, -0.1) is 0 Å². The first-order valence-electron chi connectivity index (χ1n) is 7.41. The minimum absolute atomic E-state index is 0.0437. The summed E-state index contributed by atoms with van der Waals surface area (Å²) in [6, 6.07) is 13.2. The molecule has 1 saturated heterocycles. The molecule has 24 heavy (non-hydrogen) atoms. The number of hydrogen-bond donors (Lipinski definition) is 0. The minimum atomic E-state index is -4.78. The molecule has 0 unspecified atom stereocenters. The molecule has 1 aliphatic heterocycles. The van der Waals surface area contributed by atoms with Gasteiger partial charge in [0.2, 0.25) is 0 Å². The Morgan fingerprint density at radius 1 is 1.00 bits per heavy atom. The first kappa shape index (κ1) is 16.8. The minimum Gasteiger partial charge on any atom is -0.442 e. The lowest BCUT2D eigenvalue weighted by Crippen LogP contribution is -2.73. The Hall–Kier alpha value is -2.01. The fourth-order valence-corrected chi connectivity index (χ4v) is 3.63. The van der Waals surface area contributed by atoms with E-state index in [0.717, 1.165) is 0 Å². The van der Waals surface area contributed by atoms with E-state index in [1.54, 1.807) is 25.1 Å². The maximum Gasteiger partial charge on any atom is 0.434 e. The smallest absolute Gasteiger partial charge is 0.434 e. The van der Waals surface area contributed by atoms with Crippen LogP contribution in [0.2, 0.25) is 5.02 Å². The lowest BCUT2D eigenvalue weighted by Gasteiger charge is -2.56. The summed E-state index contributed by atoms with van der Waals surface area (Å²) in [6.07, 6.45) is -4.82. The van der Waals surface area contributed by atoms with Crippen molar-refractivity contribution in [2.45, 2.75) is 30.5 Å². The van der Waals surface area contributed by atoms with Gasteiger partial charge in [0, 0.05) is 10.6 Å². The second-order valence-corrected chi connectivity index (χ2v) is 6.14. The zero-order chi connectivity index (χ0) is 17.6. The van der Waals surface area contributed by atoms with Gasteiger partial charge in [0.1, 0.15) is 5.41 Å². The largest absolute Gasteiger partial charge is 0.442 e. The SMILES string of the molecule is CC[C@@]1(c2ccccc2)C(=O)O[C@]1(c1ccc(Cl)cc1)C(F)(F)F. The molecule has 2 aromatic carbocycles. The molecule has 0 aliphatic carbocycles. The summed E-state index contributed by atoms with van der Waals surface area (Å²) in [6.45, 7) is 1.56. The van der Waals surface area contributed by atoms with Crippen LogP contribution in [-0.2, 0) is 20.5 Å². The summed E-state index contributed by atoms with van der Waals surface area (Å²) in [5, 5.41) is 0.309.